The van der Waals surface area contributed by atoms with Crippen LogP contribution in [-0.4, -0.2) is 23.9 Å². The Bertz CT molecular complexity index is 383. The maximum absolute atomic E-state index is 12.7. The van der Waals surface area contributed by atoms with Crippen molar-refractivity contribution in [3.8, 4) is 12.1 Å². The Morgan fingerprint density at radius 3 is 2.26 bits per heavy atom. The van der Waals surface area contributed by atoms with Gasteiger partial charge >= 0.3 is 0 Å². The van der Waals surface area contributed by atoms with Crippen LogP contribution in [0.2, 0.25) is 0 Å². The first-order valence-corrected chi connectivity index (χ1v) is 7.20. The van der Waals surface area contributed by atoms with E-state index < -0.39 is 5.41 Å². The van der Waals surface area contributed by atoms with E-state index in [2.05, 4.69) is 12.1 Å². The van der Waals surface area contributed by atoms with E-state index in [0.29, 0.717) is 25.9 Å². The van der Waals surface area contributed by atoms with Gasteiger partial charge in [0.2, 0.25) is 5.91 Å². The molecule has 1 aliphatic carbocycles. The molecule has 0 radical (unpaired) electrons. The van der Waals surface area contributed by atoms with Gasteiger partial charge in [0.15, 0.2) is 0 Å². The molecule has 1 saturated carbocycles. The van der Waals surface area contributed by atoms with Gasteiger partial charge < -0.3 is 4.90 Å². The van der Waals surface area contributed by atoms with E-state index in [1.54, 1.807) is 4.90 Å². The molecule has 104 valence electrons. The fraction of sp³-hybridized carbons (Fsp3) is 0.800. The monoisotopic (exact) mass is 261 g/mol. The van der Waals surface area contributed by atoms with Crippen molar-refractivity contribution in [2.75, 3.05) is 13.1 Å². The fourth-order valence-corrected chi connectivity index (χ4v) is 2.74. The zero-order valence-corrected chi connectivity index (χ0v) is 12.0. The minimum absolute atomic E-state index is 0.0681. The van der Waals surface area contributed by atoms with Crippen molar-refractivity contribution in [1.29, 1.82) is 10.5 Å². The lowest BCUT2D eigenvalue weighted by atomic mass is 9.80. The van der Waals surface area contributed by atoms with E-state index in [1.165, 1.54) is 0 Å². The summed E-state index contributed by atoms with van der Waals surface area (Å²) in [7, 11) is 0. The van der Waals surface area contributed by atoms with E-state index in [0.717, 1.165) is 25.7 Å². The molecule has 0 aromatic heterocycles. The minimum atomic E-state index is -0.846. The lowest BCUT2D eigenvalue weighted by molar-refractivity contribution is -0.139. The second kappa shape index (κ2) is 7.14. The molecule has 1 fully saturated rings. The number of hydrogen-bond acceptors (Lipinski definition) is 3. The molecule has 0 aromatic rings. The molecule has 0 bridgehead atoms. The van der Waals surface area contributed by atoms with Crippen molar-refractivity contribution in [3.05, 3.63) is 0 Å². The predicted molar refractivity (Wildman–Crippen MR) is 72.8 cm³/mol. The number of hydrogen-bond donors (Lipinski definition) is 0. The summed E-state index contributed by atoms with van der Waals surface area (Å²) in [5, 5.41) is 18.4. The van der Waals surface area contributed by atoms with Gasteiger partial charge in [0.1, 0.15) is 5.41 Å². The molecule has 0 heterocycles. The Morgan fingerprint density at radius 1 is 1.26 bits per heavy atom. The first-order chi connectivity index (χ1) is 9.09. The zero-order valence-electron chi connectivity index (χ0n) is 12.0. The third-order valence-corrected chi connectivity index (χ3v) is 3.96. The van der Waals surface area contributed by atoms with Crippen LogP contribution in [-0.2, 0) is 4.79 Å². The van der Waals surface area contributed by atoms with E-state index in [4.69, 9.17) is 5.26 Å². The van der Waals surface area contributed by atoms with Gasteiger partial charge in [-0.15, -0.1) is 0 Å². The third-order valence-electron chi connectivity index (χ3n) is 3.96. The number of amides is 1. The zero-order chi connectivity index (χ0) is 14.3. The highest BCUT2D eigenvalue weighted by Crippen LogP contribution is 2.36. The van der Waals surface area contributed by atoms with Gasteiger partial charge in [-0.3, -0.25) is 4.79 Å². The lowest BCUT2D eigenvalue weighted by Gasteiger charge is -2.31. The molecular formula is C15H23N3O. The van der Waals surface area contributed by atoms with Crippen LogP contribution in [0.5, 0.6) is 0 Å². The molecule has 1 aliphatic rings. The van der Waals surface area contributed by atoms with Gasteiger partial charge in [0, 0.05) is 13.1 Å². The van der Waals surface area contributed by atoms with Gasteiger partial charge in [-0.1, -0.05) is 25.7 Å². The van der Waals surface area contributed by atoms with Gasteiger partial charge in [0.05, 0.1) is 18.1 Å². The molecule has 0 N–H and O–H groups in total. The summed E-state index contributed by atoms with van der Waals surface area (Å²) >= 11 is 0. The van der Waals surface area contributed by atoms with Gasteiger partial charge in [-0.2, -0.15) is 10.5 Å². The Labute approximate surface area is 116 Å². The Balaban J connectivity index is 2.86. The van der Waals surface area contributed by atoms with Crippen molar-refractivity contribution in [3.63, 3.8) is 0 Å². The van der Waals surface area contributed by atoms with Crippen LogP contribution in [0.1, 0.15) is 52.4 Å². The molecular weight excluding hydrogens is 238 g/mol. The van der Waals surface area contributed by atoms with Crippen LogP contribution < -0.4 is 0 Å². The molecule has 1 amide bonds. The van der Waals surface area contributed by atoms with Crippen molar-refractivity contribution in [2.24, 2.45) is 11.3 Å². The molecule has 0 spiro atoms. The van der Waals surface area contributed by atoms with Crippen LogP contribution in [0.15, 0.2) is 0 Å². The summed E-state index contributed by atoms with van der Waals surface area (Å²) in [5.41, 5.74) is -0.846. The maximum atomic E-state index is 12.7. The number of rotatable bonds is 4. The molecule has 4 nitrogen and oxygen atoms in total. The molecule has 1 unspecified atom stereocenters. The van der Waals surface area contributed by atoms with Crippen LogP contribution in [0.3, 0.4) is 0 Å². The predicted octanol–water partition coefficient (Wildman–Crippen LogP) is 2.86. The van der Waals surface area contributed by atoms with Gasteiger partial charge in [-0.25, -0.2) is 0 Å². The van der Waals surface area contributed by atoms with Crippen LogP contribution in [0, 0.1) is 34.0 Å². The van der Waals surface area contributed by atoms with Crippen LogP contribution in [0.4, 0.5) is 0 Å². The molecule has 19 heavy (non-hydrogen) atoms. The van der Waals surface area contributed by atoms with E-state index >= 15 is 0 Å². The summed E-state index contributed by atoms with van der Waals surface area (Å²) in [6.07, 6.45) is 5.45. The van der Waals surface area contributed by atoms with Gasteiger partial charge in [0.25, 0.3) is 0 Å². The highest BCUT2D eigenvalue weighted by Gasteiger charge is 2.41. The molecule has 1 rings (SSSR count). The number of carbonyl (C=O) groups is 1. The Hall–Kier alpha value is -1.55. The largest absolute Gasteiger partial charge is 0.340 e. The smallest absolute Gasteiger partial charge is 0.243 e. The molecule has 0 aromatic carbocycles. The summed E-state index contributed by atoms with van der Waals surface area (Å²) in [4.78, 5) is 14.4. The number of nitriles is 2. The van der Waals surface area contributed by atoms with Crippen molar-refractivity contribution in [1.82, 2.24) is 4.90 Å². The summed E-state index contributed by atoms with van der Waals surface area (Å²) in [6, 6.07) is 4.44. The SMILES string of the molecule is CCN(CC(C)C#N)C(=O)C1(C#N)CCCCCC1. The first kappa shape index (κ1) is 15.5. The number of nitrogens with zero attached hydrogens (tertiary/aromatic N) is 3. The van der Waals surface area contributed by atoms with Crippen molar-refractivity contribution >= 4 is 5.91 Å². The maximum Gasteiger partial charge on any atom is 0.243 e. The van der Waals surface area contributed by atoms with E-state index in [1.807, 2.05) is 13.8 Å². The number of carbonyl (C=O) groups excluding carboxylic acids is 1. The summed E-state index contributed by atoms with van der Waals surface area (Å²) < 4.78 is 0. The average molecular weight is 261 g/mol. The van der Waals surface area contributed by atoms with Gasteiger partial charge in [-0.05, 0) is 26.7 Å². The quantitative estimate of drug-likeness (QED) is 0.731. The Kier molecular flexibility index (Phi) is 5.83. The van der Waals surface area contributed by atoms with Crippen LogP contribution >= 0.6 is 0 Å². The van der Waals surface area contributed by atoms with E-state index in [9.17, 15) is 10.1 Å². The first-order valence-electron chi connectivity index (χ1n) is 7.20. The minimum Gasteiger partial charge on any atom is -0.340 e. The second-order valence-corrected chi connectivity index (χ2v) is 5.48. The third kappa shape index (κ3) is 3.70. The van der Waals surface area contributed by atoms with E-state index in [-0.39, 0.29) is 11.8 Å². The topological polar surface area (TPSA) is 67.9 Å². The lowest BCUT2D eigenvalue weighted by Crippen LogP contribution is -2.44. The molecule has 1 atom stereocenters. The summed E-state index contributed by atoms with van der Waals surface area (Å²) in [6.45, 7) is 4.70. The highest BCUT2D eigenvalue weighted by molar-refractivity contribution is 5.85. The van der Waals surface area contributed by atoms with Crippen LogP contribution in [0.25, 0.3) is 0 Å². The van der Waals surface area contributed by atoms with Crippen molar-refractivity contribution in [2.45, 2.75) is 52.4 Å². The average Bonchev–Trinajstić information content (AvgIpc) is 2.70. The standard InChI is InChI=1S/C15H23N3O/c1-3-18(11-13(2)10-16)14(19)15(12-17)8-6-4-5-7-9-15/h13H,3-9,11H2,1-2H3. The highest BCUT2D eigenvalue weighted by atomic mass is 16.2. The molecule has 4 heteroatoms. The molecule has 0 saturated heterocycles. The Morgan fingerprint density at radius 2 is 1.84 bits per heavy atom. The van der Waals surface area contributed by atoms with Crippen molar-refractivity contribution < 1.29 is 4.79 Å². The normalized spacial score (nSPS) is 19.6. The molecule has 0 aliphatic heterocycles. The fourth-order valence-electron chi connectivity index (χ4n) is 2.74. The summed E-state index contributed by atoms with van der Waals surface area (Å²) in [5.74, 6) is -0.257. The second-order valence-electron chi connectivity index (χ2n) is 5.48.